The van der Waals surface area contributed by atoms with E-state index >= 15 is 0 Å². The number of fused-ring (bicyclic) bond motifs is 1. The van der Waals surface area contributed by atoms with Crippen molar-refractivity contribution in [3.8, 4) is 0 Å². The van der Waals surface area contributed by atoms with Crippen LogP contribution in [0.2, 0.25) is 0 Å². The molecule has 25 heavy (non-hydrogen) atoms. The smallest absolute Gasteiger partial charge is 0.306 e. The van der Waals surface area contributed by atoms with Gasteiger partial charge in [0.1, 0.15) is 0 Å². The van der Waals surface area contributed by atoms with E-state index in [1.54, 1.807) is 17.0 Å². The molecule has 1 aromatic rings. The quantitative estimate of drug-likeness (QED) is 0.838. The molecule has 3 rings (SSSR count). The second-order valence-electron chi connectivity index (χ2n) is 6.64. The van der Waals surface area contributed by atoms with E-state index in [-0.39, 0.29) is 16.7 Å². The molecule has 0 saturated heterocycles. The molecule has 1 aromatic carbocycles. The summed E-state index contributed by atoms with van der Waals surface area (Å²) in [7, 11) is -2.15. The average molecular weight is 366 g/mol. The van der Waals surface area contributed by atoms with Gasteiger partial charge in [-0.15, -0.1) is 0 Å². The maximum absolute atomic E-state index is 12.9. The maximum Gasteiger partial charge on any atom is 0.306 e. The third-order valence-corrected chi connectivity index (χ3v) is 6.58. The van der Waals surface area contributed by atoms with Crippen LogP contribution < -0.4 is 9.62 Å². The minimum atomic E-state index is -3.51. The van der Waals surface area contributed by atoms with Gasteiger partial charge in [0.2, 0.25) is 15.9 Å². The Labute approximate surface area is 147 Å². The molecule has 8 heteroatoms. The van der Waals surface area contributed by atoms with Crippen molar-refractivity contribution >= 4 is 27.6 Å². The summed E-state index contributed by atoms with van der Waals surface area (Å²) < 4.78 is 26.1. The number of benzene rings is 1. The highest BCUT2D eigenvalue weighted by atomic mass is 32.2. The number of sulfonamides is 1. The molecule has 0 aromatic heterocycles. The third-order valence-electron chi connectivity index (χ3n) is 5.16. The van der Waals surface area contributed by atoms with Gasteiger partial charge in [0.05, 0.1) is 10.8 Å². The van der Waals surface area contributed by atoms with Crippen molar-refractivity contribution in [1.82, 2.24) is 4.72 Å². The van der Waals surface area contributed by atoms with Crippen LogP contribution in [0.4, 0.5) is 5.69 Å². The van der Waals surface area contributed by atoms with Crippen molar-refractivity contribution in [1.29, 1.82) is 0 Å². The normalized spacial score (nSPS) is 23.3. The number of hydrogen-bond acceptors (Lipinski definition) is 4. The summed E-state index contributed by atoms with van der Waals surface area (Å²) in [5.74, 6) is -1.61. The molecule has 1 amide bonds. The topological polar surface area (TPSA) is 104 Å². The van der Waals surface area contributed by atoms with Crippen molar-refractivity contribution in [2.75, 3.05) is 18.5 Å². The van der Waals surface area contributed by atoms with E-state index in [0.29, 0.717) is 32.2 Å². The van der Waals surface area contributed by atoms with Gasteiger partial charge >= 0.3 is 5.97 Å². The summed E-state index contributed by atoms with van der Waals surface area (Å²) in [5, 5.41) is 9.20. The third kappa shape index (κ3) is 3.41. The number of aliphatic carboxylic acids is 1. The first kappa shape index (κ1) is 17.9. The van der Waals surface area contributed by atoms with Crippen molar-refractivity contribution in [3.05, 3.63) is 23.8 Å². The van der Waals surface area contributed by atoms with Crippen LogP contribution in [0.25, 0.3) is 0 Å². The number of carbonyl (C=O) groups is 2. The highest BCUT2D eigenvalue weighted by Crippen LogP contribution is 2.35. The molecule has 2 N–H and O–H groups in total. The zero-order valence-electron chi connectivity index (χ0n) is 14.1. The highest BCUT2D eigenvalue weighted by Gasteiger charge is 2.36. The summed E-state index contributed by atoms with van der Waals surface area (Å²) in [6.07, 6.45) is 3.06. The van der Waals surface area contributed by atoms with E-state index < -0.39 is 21.9 Å². The Morgan fingerprint density at radius 2 is 1.96 bits per heavy atom. The number of rotatable bonds is 4. The minimum Gasteiger partial charge on any atom is -0.481 e. The molecule has 0 radical (unpaired) electrons. The Bertz CT molecular complexity index is 805. The Balaban J connectivity index is 1.81. The van der Waals surface area contributed by atoms with Gasteiger partial charge in [-0.25, -0.2) is 13.1 Å². The Morgan fingerprint density at radius 3 is 2.64 bits per heavy atom. The summed E-state index contributed by atoms with van der Waals surface area (Å²) in [5.41, 5.74) is 1.56. The van der Waals surface area contributed by atoms with E-state index in [2.05, 4.69) is 4.72 Å². The van der Waals surface area contributed by atoms with E-state index in [4.69, 9.17) is 0 Å². The number of carboxylic acids is 1. The monoisotopic (exact) mass is 366 g/mol. The van der Waals surface area contributed by atoms with Gasteiger partial charge in [0.25, 0.3) is 0 Å². The predicted octanol–water partition coefficient (Wildman–Crippen LogP) is 1.37. The zero-order chi connectivity index (χ0) is 18.2. The van der Waals surface area contributed by atoms with Crippen molar-refractivity contribution in [2.45, 2.75) is 37.0 Å². The molecule has 0 bridgehead atoms. The Hall–Kier alpha value is -1.93. The number of nitrogens with zero attached hydrogens (tertiary/aromatic N) is 1. The van der Waals surface area contributed by atoms with Crippen LogP contribution in [0.1, 0.15) is 31.2 Å². The highest BCUT2D eigenvalue weighted by molar-refractivity contribution is 7.89. The summed E-state index contributed by atoms with van der Waals surface area (Å²) in [4.78, 5) is 26.0. The van der Waals surface area contributed by atoms with Gasteiger partial charge in [-0.3, -0.25) is 9.59 Å². The number of amides is 1. The molecule has 2 aliphatic rings. The molecular weight excluding hydrogens is 344 g/mol. The van der Waals surface area contributed by atoms with Crippen LogP contribution in [-0.4, -0.2) is 39.0 Å². The van der Waals surface area contributed by atoms with E-state index in [0.717, 1.165) is 17.7 Å². The van der Waals surface area contributed by atoms with E-state index in [1.165, 1.54) is 13.1 Å². The Kier molecular flexibility index (Phi) is 4.83. The largest absolute Gasteiger partial charge is 0.481 e. The molecule has 1 saturated carbocycles. The molecule has 136 valence electrons. The molecule has 2 unspecified atom stereocenters. The van der Waals surface area contributed by atoms with Gasteiger partial charge in [0, 0.05) is 18.2 Å². The van der Waals surface area contributed by atoms with Crippen LogP contribution in [-0.2, 0) is 26.0 Å². The van der Waals surface area contributed by atoms with Gasteiger partial charge < -0.3 is 10.0 Å². The Morgan fingerprint density at radius 1 is 1.24 bits per heavy atom. The molecule has 1 heterocycles. The number of anilines is 1. The van der Waals surface area contributed by atoms with Crippen LogP contribution in [0, 0.1) is 11.8 Å². The standard InChI is InChI=1S/C17H22N2O5S/c1-18-25(23,24)14-5-6-15-11(10-14)7-8-19(15)16(20)12-3-2-4-13(9-12)17(21)22/h5-6,10,12-13,18H,2-4,7-9H2,1H3,(H,21,22). The fraction of sp³-hybridized carbons (Fsp3) is 0.529. The zero-order valence-corrected chi connectivity index (χ0v) is 14.9. The van der Waals surface area contributed by atoms with Crippen molar-refractivity contribution in [2.24, 2.45) is 11.8 Å². The van der Waals surface area contributed by atoms with Crippen LogP contribution in [0.3, 0.4) is 0 Å². The first-order chi connectivity index (χ1) is 11.8. The molecule has 1 fully saturated rings. The maximum atomic E-state index is 12.9. The van der Waals surface area contributed by atoms with Gasteiger partial charge in [-0.2, -0.15) is 0 Å². The van der Waals surface area contributed by atoms with Crippen molar-refractivity contribution in [3.63, 3.8) is 0 Å². The lowest BCUT2D eigenvalue weighted by atomic mass is 9.80. The lowest BCUT2D eigenvalue weighted by molar-refractivity contribution is -0.143. The lowest BCUT2D eigenvalue weighted by Gasteiger charge is -2.29. The van der Waals surface area contributed by atoms with Crippen LogP contribution in [0.5, 0.6) is 0 Å². The molecule has 1 aliphatic heterocycles. The van der Waals surface area contributed by atoms with Crippen LogP contribution >= 0.6 is 0 Å². The van der Waals surface area contributed by atoms with E-state index in [9.17, 15) is 23.1 Å². The average Bonchev–Trinajstić information content (AvgIpc) is 3.04. The first-order valence-corrected chi connectivity index (χ1v) is 9.92. The van der Waals surface area contributed by atoms with Gasteiger partial charge in [-0.05, 0) is 56.5 Å². The molecular formula is C17H22N2O5S. The summed E-state index contributed by atoms with van der Waals surface area (Å²) in [6, 6.07) is 4.77. The van der Waals surface area contributed by atoms with Crippen molar-refractivity contribution < 1.29 is 23.1 Å². The lowest BCUT2D eigenvalue weighted by Crippen LogP contribution is -2.38. The second-order valence-corrected chi connectivity index (χ2v) is 8.52. The number of carboxylic acid groups (broad SMARTS) is 1. The minimum absolute atomic E-state index is 0.0473. The molecule has 1 aliphatic carbocycles. The fourth-order valence-electron chi connectivity index (χ4n) is 3.75. The number of hydrogen-bond donors (Lipinski definition) is 2. The van der Waals surface area contributed by atoms with E-state index in [1.807, 2.05) is 0 Å². The SMILES string of the molecule is CNS(=O)(=O)c1ccc2c(c1)CCN2C(=O)C1CCCC(C(=O)O)C1. The summed E-state index contributed by atoms with van der Waals surface area (Å²) in [6.45, 7) is 0.505. The molecule has 2 atom stereocenters. The van der Waals surface area contributed by atoms with Gasteiger partial charge in [0.15, 0.2) is 0 Å². The number of nitrogens with one attached hydrogen (secondary N) is 1. The van der Waals surface area contributed by atoms with Gasteiger partial charge in [-0.1, -0.05) is 6.42 Å². The number of carbonyl (C=O) groups excluding carboxylic acids is 1. The summed E-state index contributed by atoms with van der Waals surface area (Å²) >= 11 is 0. The van der Waals surface area contributed by atoms with Crippen LogP contribution in [0.15, 0.2) is 23.1 Å². The fourth-order valence-corrected chi connectivity index (χ4v) is 4.53. The second kappa shape index (κ2) is 6.76. The molecule has 0 spiro atoms. The predicted molar refractivity (Wildman–Crippen MR) is 91.8 cm³/mol. The first-order valence-electron chi connectivity index (χ1n) is 8.44. The molecule has 7 nitrogen and oxygen atoms in total.